The van der Waals surface area contributed by atoms with E-state index in [4.69, 9.17) is 4.74 Å². The van der Waals surface area contributed by atoms with Gasteiger partial charge in [0.2, 0.25) is 0 Å². The van der Waals surface area contributed by atoms with Gasteiger partial charge in [-0.15, -0.1) is 0 Å². The van der Waals surface area contributed by atoms with E-state index in [-0.39, 0.29) is 11.5 Å². The van der Waals surface area contributed by atoms with Gasteiger partial charge in [0.1, 0.15) is 22.7 Å². The van der Waals surface area contributed by atoms with Gasteiger partial charge in [-0.3, -0.25) is 14.0 Å². The van der Waals surface area contributed by atoms with Gasteiger partial charge in [-0.05, 0) is 48.9 Å². The Bertz CT molecular complexity index is 1380. The summed E-state index contributed by atoms with van der Waals surface area (Å²) in [6.45, 7) is 4.63. The zero-order chi connectivity index (χ0) is 22.4. The third-order valence-electron chi connectivity index (χ3n) is 6.25. The molecule has 1 aliphatic rings. The molecule has 8 nitrogen and oxygen atoms in total. The van der Waals surface area contributed by atoms with Gasteiger partial charge >= 0.3 is 0 Å². The number of carbonyl (C=O) groups excluding carboxylic acids is 1. The smallest absolute Gasteiger partial charge is 0.270 e. The number of carbonyl (C=O) groups is 1. The average molecular weight is 431 g/mol. The predicted octanol–water partition coefficient (Wildman–Crippen LogP) is 2.47. The van der Waals surface area contributed by atoms with Crippen LogP contribution in [-0.2, 0) is 7.05 Å². The molecule has 164 valence electrons. The lowest BCUT2D eigenvalue weighted by Gasteiger charge is -2.36. The van der Waals surface area contributed by atoms with Crippen LogP contribution in [0.4, 0.5) is 5.69 Å². The van der Waals surface area contributed by atoms with Crippen LogP contribution >= 0.6 is 0 Å². The van der Waals surface area contributed by atoms with Crippen molar-refractivity contribution < 1.29 is 9.53 Å². The SMILES string of the molecule is COc1ccc(N2CCN(C(=O)c3cc4c(=O)n5cccc(C)c5nc4n3C)CC2)cc1. The molecule has 32 heavy (non-hydrogen) atoms. The molecule has 1 amide bonds. The Labute approximate surface area is 185 Å². The van der Waals surface area contributed by atoms with Crippen LogP contribution in [0.2, 0.25) is 0 Å². The number of amides is 1. The zero-order valence-electron chi connectivity index (χ0n) is 18.4. The molecular formula is C24H25N5O3. The second-order valence-electron chi connectivity index (χ2n) is 8.10. The molecule has 0 radical (unpaired) electrons. The van der Waals surface area contributed by atoms with Gasteiger partial charge < -0.3 is 19.1 Å². The molecule has 1 saturated heterocycles. The fourth-order valence-corrected chi connectivity index (χ4v) is 4.36. The number of hydrogen-bond donors (Lipinski definition) is 0. The molecule has 1 fully saturated rings. The number of pyridine rings is 1. The molecule has 3 aromatic heterocycles. The van der Waals surface area contributed by atoms with Gasteiger partial charge in [-0.1, -0.05) is 6.07 Å². The molecule has 4 aromatic rings. The van der Waals surface area contributed by atoms with Gasteiger partial charge in [-0.25, -0.2) is 4.98 Å². The summed E-state index contributed by atoms with van der Waals surface area (Å²) < 4.78 is 8.51. The van der Waals surface area contributed by atoms with Gasteiger partial charge in [-0.2, -0.15) is 0 Å². The molecule has 0 bridgehead atoms. The van der Waals surface area contributed by atoms with Gasteiger partial charge in [0.05, 0.1) is 12.5 Å². The third-order valence-corrected chi connectivity index (χ3v) is 6.25. The monoisotopic (exact) mass is 431 g/mol. The highest BCUT2D eigenvalue weighted by atomic mass is 16.5. The van der Waals surface area contributed by atoms with Crippen molar-refractivity contribution in [1.82, 2.24) is 18.9 Å². The Kier molecular flexibility index (Phi) is 4.84. The fraction of sp³-hybridized carbons (Fsp3) is 0.292. The first-order chi connectivity index (χ1) is 15.5. The number of hydrogen-bond acceptors (Lipinski definition) is 5. The molecule has 0 spiro atoms. The Morgan fingerprint density at radius 1 is 1.03 bits per heavy atom. The van der Waals surface area contributed by atoms with E-state index in [1.807, 2.05) is 48.2 Å². The second kappa shape index (κ2) is 7.71. The summed E-state index contributed by atoms with van der Waals surface area (Å²) >= 11 is 0. The molecule has 0 unspecified atom stereocenters. The van der Waals surface area contributed by atoms with Crippen LogP contribution in [0.25, 0.3) is 16.7 Å². The first-order valence-corrected chi connectivity index (χ1v) is 10.6. The maximum atomic E-state index is 13.3. The summed E-state index contributed by atoms with van der Waals surface area (Å²) in [4.78, 5) is 35.1. The maximum Gasteiger partial charge on any atom is 0.270 e. The highest BCUT2D eigenvalue weighted by Gasteiger charge is 2.26. The van der Waals surface area contributed by atoms with E-state index in [2.05, 4.69) is 9.88 Å². The summed E-state index contributed by atoms with van der Waals surface area (Å²) in [6, 6.07) is 13.4. The number of methoxy groups -OCH3 is 1. The molecule has 8 heteroatoms. The number of fused-ring (bicyclic) bond motifs is 2. The maximum absolute atomic E-state index is 13.3. The molecule has 0 N–H and O–H groups in total. The van der Waals surface area contributed by atoms with Crippen LogP contribution in [0.3, 0.4) is 0 Å². The van der Waals surface area contributed by atoms with Gasteiger partial charge in [0.25, 0.3) is 11.5 Å². The fourth-order valence-electron chi connectivity index (χ4n) is 4.36. The van der Waals surface area contributed by atoms with E-state index in [0.29, 0.717) is 35.5 Å². The van der Waals surface area contributed by atoms with Crippen LogP contribution in [0.15, 0.2) is 53.5 Å². The minimum Gasteiger partial charge on any atom is -0.497 e. The summed E-state index contributed by atoms with van der Waals surface area (Å²) in [5.41, 5.74) is 3.49. The van der Waals surface area contributed by atoms with Gasteiger partial charge in [0.15, 0.2) is 0 Å². The van der Waals surface area contributed by atoms with Crippen molar-refractivity contribution in [3.63, 3.8) is 0 Å². The molecule has 1 aromatic carbocycles. The van der Waals surface area contributed by atoms with Crippen molar-refractivity contribution in [2.75, 3.05) is 38.2 Å². The largest absolute Gasteiger partial charge is 0.497 e. The molecule has 1 aliphatic heterocycles. The second-order valence-corrected chi connectivity index (χ2v) is 8.10. The summed E-state index contributed by atoms with van der Waals surface area (Å²) in [5.74, 6) is 0.746. The Morgan fingerprint density at radius 3 is 2.44 bits per heavy atom. The van der Waals surface area contributed by atoms with Crippen LogP contribution in [0.1, 0.15) is 16.1 Å². The lowest BCUT2D eigenvalue weighted by molar-refractivity contribution is 0.0737. The van der Waals surface area contributed by atoms with Crippen LogP contribution in [0, 0.1) is 6.92 Å². The van der Waals surface area contributed by atoms with Crippen LogP contribution in [-0.4, -0.2) is 58.0 Å². The Balaban J connectivity index is 1.41. The zero-order valence-corrected chi connectivity index (χ0v) is 18.4. The van der Waals surface area contributed by atoms with Gasteiger partial charge in [0, 0.05) is 45.1 Å². The lowest BCUT2D eigenvalue weighted by Crippen LogP contribution is -2.49. The highest BCUT2D eigenvalue weighted by Crippen LogP contribution is 2.22. The third kappa shape index (κ3) is 3.19. The quantitative estimate of drug-likeness (QED) is 0.498. The van der Waals surface area contributed by atoms with E-state index in [0.717, 1.165) is 30.1 Å². The van der Waals surface area contributed by atoms with E-state index in [9.17, 15) is 9.59 Å². The molecule has 0 aliphatic carbocycles. The number of piperazine rings is 1. The van der Waals surface area contributed by atoms with Crippen molar-refractivity contribution in [3.8, 4) is 5.75 Å². The number of rotatable bonds is 3. The van der Waals surface area contributed by atoms with E-state index >= 15 is 0 Å². The highest BCUT2D eigenvalue weighted by molar-refractivity contribution is 5.98. The van der Waals surface area contributed by atoms with Crippen molar-refractivity contribution in [1.29, 1.82) is 0 Å². The van der Waals surface area contributed by atoms with E-state index < -0.39 is 0 Å². The first-order valence-electron chi connectivity index (χ1n) is 10.6. The van der Waals surface area contributed by atoms with Crippen molar-refractivity contribution >= 4 is 28.3 Å². The standard InChI is InChI=1S/C24H25N5O3/c1-16-5-4-10-29-21(16)25-22-19(23(29)30)15-20(26(22)2)24(31)28-13-11-27(12-14-28)17-6-8-18(32-3)9-7-17/h4-10,15H,11-14H2,1-3H3. The molecular weight excluding hydrogens is 406 g/mol. The van der Waals surface area contributed by atoms with Crippen LogP contribution in [0.5, 0.6) is 5.75 Å². The molecule has 0 saturated carbocycles. The first kappa shape index (κ1) is 20.1. The van der Waals surface area contributed by atoms with Crippen molar-refractivity contribution in [2.24, 2.45) is 7.05 Å². The minimum atomic E-state index is -0.160. The number of ether oxygens (including phenoxy) is 1. The Hall–Kier alpha value is -3.81. The van der Waals surface area contributed by atoms with Crippen molar-refractivity contribution in [3.05, 3.63) is 70.3 Å². The van der Waals surface area contributed by atoms with E-state index in [1.165, 1.54) is 0 Å². The number of aromatic nitrogens is 3. The topological polar surface area (TPSA) is 72.1 Å². The summed E-state index contributed by atoms with van der Waals surface area (Å²) in [5, 5.41) is 0.454. The average Bonchev–Trinajstić information content (AvgIpc) is 3.16. The summed E-state index contributed by atoms with van der Waals surface area (Å²) in [6.07, 6.45) is 1.71. The lowest BCUT2D eigenvalue weighted by atomic mass is 10.2. The minimum absolute atomic E-state index is 0.0786. The summed E-state index contributed by atoms with van der Waals surface area (Å²) in [7, 11) is 3.45. The molecule has 4 heterocycles. The van der Waals surface area contributed by atoms with E-state index in [1.54, 1.807) is 35.4 Å². The molecule has 0 atom stereocenters. The van der Waals surface area contributed by atoms with Crippen molar-refractivity contribution in [2.45, 2.75) is 6.92 Å². The number of aryl methyl sites for hydroxylation is 2. The van der Waals surface area contributed by atoms with Crippen LogP contribution < -0.4 is 15.2 Å². The Morgan fingerprint density at radius 2 is 1.75 bits per heavy atom. The normalized spacial score (nSPS) is 14.3. The number of benzene rings is 1. The number of nitrogens with zero attached hydrogens (tertiary/aromatic N) is 5. The molecule has 5 rings (SSSR count). The predicted molar refractivity (Wildman–Crippen MR) is 124 cm³/mol. The number of anilines is 1.